The van der Waals surface area contributed by atoms with Gasteiger partial charge in [-0.3, -0.25) is 4.98 Å². The Kier molecular flexibility index (Phi) is 1.51. The summed E-state index contributed by atoms with van der Waals surface area (Å²) in [5, 5.41) is 12.3. The van der Waals surface area contributed by atoms with E-state index in [1.807, 2.05) is 12.1 Å². The Labute approximate surface area is 68.6 Å². The highest BCUT2D eigenvalue weighted by Gasteiger charge is 1.96. The lowest BCUT2D eigenvalue weighted by Crippen LogP contribution is -1.77. The molecular formula is C8H7N3O. The second-order valence-electron chi connectivity index (χ2n) is 2.43. The Balaban J connectivity index is 2.62. The number of rotatable bonds is 1. The van der Waals surface area contributed by atoms with Gasteiger partial charge in [-0.25, -0.2) is 0 Å². The van der Waals surface area contributed by atoms with Gasteiger partial charge in [0.25, 0.3) is 0 Å². The molecule has 0 fully saturated rings. The fraction of sp³-hybridized carbons (Fsp3) is 0. The van der Waals surface area contributed by atoms with Crippen LogP contribution in [0.4, 0.5) is 0 Å². The summed E-state index contributed by atoms with van der Waals surface area (Å²) in [6.45, 7) is 0. The van der Waals surface area contributed by atoms with Gasteiger partial charge in [0, 0.05) is 11.6 Å². The van der Waals surface area contributed by atoms with Gasteiger partial charge in [-0.15, -0.1) is 0 Å². The predicted octanol–water partition coefficient (Wildman–Crippen LogP) is 1.37. The fourth-order valence-corrected chi connectivity index (χ4v) is 1.13. The van der Waals surface area contributed by atoms with Gasteiger partial charge in [0.15, 0.2) is 0 Å². The van der Waals surface area contributed by atoms with Crippen molar-refractivity contribution in [1.29, 1.82) is 0 Å². The van der Waals surface area contributed by atoms with E-state index in [9.17, 15) is 0 Å². The van der Waals surface area contributed by atoms with Crippen LogP contribution in [0.15, 0.2) is 29.7 Å². The molecule has 0 saturated heterocycles. The van der Waals surface area contributed by atoms with Crippen molar-refractivity contribution >= 4 is 17.1 Å². The van der Waals surface area contributed by atoms with Gasteiger partial charge in [0.2, 0.25) is 0 Å². The van der Waals surface area contributed by atoms with E-state index in [2.05, 4.69) is 15.1 Å². The summed E-state index contributed by atoms with van der Waals surface area (Å²) in [4.78, 5) is 6.97. The van der Waals surface area contributed by atoms with Crippen LogP contribution in [-0.2, 0) is 0 Å². The van der Waals surface area contributed by atoms with Gasteiger partial charge in [-0.05, 0) is 12.1 Å². The number of nitrogens with one attached hydrogen (secondary N) is 1. The molecule has 2 aromatic rings. The number of pyridine rings is 1. The van der Waals surface area contributed by atoms with E-state index in [0.29, 0.717) is 0 Å². The number of aromatic amines is 1. The highest BCUT2D eigenvalue weighted by atomic mass is 16.4. The number of aromatic nitrogens is 2. The van der Waals surface area contributed by atoms with Gasteiger partial charge in [-0.1, -0.05) is 5.16 Å². The molecule has 12 heavy (non-hydrogen) atoms. The van der Waals surface area contributed by atoms with Gasteiger partial charge in [0.1, 0.15) is 0 Å². The van der Waals surface area contributed by atoms with Crippen molar-refractivity contribution in [1.82, 2.24) is 9.97 Å². The van der Waals surface area contributed by atoms with Crippen molar-refractivity contribution in [2.45, 2.75) is 0 Å². The molecule has 0 bridgehead atoms. The van der Waals surface area contributed by atoms with Crippen LogP contribution in [0.5, 0.6) is 0 Å². The Bertz CT molecular complexity index is 386. The fourth-order valence-electron chi connectivity index (χ4n) is 1.13. The number of nitrogens with zero attached hydrogens (tertiary/aromatic N) is 2. The molecule has 2 N–H and O–H groups in total. The molecule has 0 aliphatic rings. The zero-order valence-corrected chi connectivity index (χ0v) is 6.23. The van der Waals surface area contributed by atoms with Crippen LogP contribution in [0.2, 0.25) is 0 Å². The first-order valence-corrected chi connectivity index (χ1v) is 3.50. The summed E-state index contributed by atoms with van der Waals surface area (Å²) in [5.41, 5.74) is 1.70. The molecule has 0 amide bonds. The molecule has 0 atom stereocenters. The quantitative estimate of drug-likeness (QED) is 0.377. The predicted molar refractivity (Wildman–Crippen MR) is 45.5 cm³/mol. The van der Waals surface area contributed by atoms with E-state index >= 15 is 0 Å². The molecule has 2 heterocycles. The van der Waals surface area contributed by atoms with Crippen LogP contribution in [0.1, 0.15) is 5.69 Å². The number of oxime groups is 1. The highest BCUT2D eigenvalue weighted by molar-refractivity contribution is 5.88. The van der Waals surface area contributed by atoms with Gasteiger partial charge in [-0.2, -0.15) is 0 Å². The Morgan fingerprint density at radius 1 is 1.58 bits per heavy atom. The summed E-state index contributed by atoms with van der Waals surface area (Å²) in [6, 6.07) is 3.78. The van der Waals surface area contributed by atoms with Crippen LogP contribution >= 0.6 is 0 Å². The van der Waals surface area contributed by atoms with Crippen LogP contribution in [0, 0.1) is 0 Å². The molecule has 2 rings (SSSR count). The van der Waals surface area contributed by atoms with Crippen molar-refractivity contribution in [2.75, 3.05) is 0 Å². The molecule has 4 heteroatoms. The number of fused-ring (bicyclic) bond motifs is 1. The lowest BCUT2D eigenvalue weighted by atomic mass is 10.3. The normalized spacial score (nSPS) is 11.3. The number of H-pyrrole nitrogens is 1. The standard InChI is InChI=1S/C8H7N3O/c12-10-4-7-3-6-1-2-9-5-8(6)11-7/h1-5,11-12H/b10-4-. The molecular weight excluding hydrogens is 154 g/mol. The van der Waals surface area contributed by atoms with E-state index in [0.717, 1.165) is 16.6 Å². The highest BCUT2D eigenvalue weighted by Crippen LogP contribution is 2.11. The van der Waals surface area contributed by atoms with Crippen molar-refractivity contribution in [2.24, 2.45) is 5.16 Å². The molecule has 0 aromatic carbocycles. The zero-order chi connectivity index (χ0) is 8.39. The summed E-state index contributed by atoms with van der Waals surface area (Å²) in [7, 11) is 0. The Hall–Kier alpha value is -1.84. The summed E-state index contributed by atoms with van der Waals surface area (Å²) < 4.78 is 0. The average Bonchev–Trinajstić information content (AvgIpc) is 2.47. The number of hydrogen-bond acceptors (Lipinski definition) is 3. The van der Waals surface area contributed by atoms with Crippen LogP contribution in [-0.4, -0.2) is 21.4 Å². The minimum absolute atomic E-state index is 0.764. The van der Waals surface area contributed by atoms with E-state index in [1.54, 1.807) is 12.4 Å². The molecule has 60 valence electrons. The third-order valence-corrected chi connectivity index (χ3v) is 1.64. The summed E-state index contributed by atoms with van der Waals surface area (Å²) >= 11 is 0. The summed E-state index contributed by atoms with van der Waals surface area (Å²) in [6.07, 6.45) is 4.79. The molecule has 0 aliphatic carbocycles. The van der Waals surface area contributed by atoms with Gasteiger partial charge in [0.05, 0.1) is 23.6 Å². The number of hydrogen-bond donors (Lipinski definition) is 2. The maximum atomic E-state index is 8.28. The lowest BCUT2D eigenvalue weighted by molar-refractivity contribution is 0.321. The smallest absolute Gasteiger partial charge is 0.0896 e. The van der Waals surface area contributed by atoms with Crippen LogP contribution in [0.25, 0.3) is 10.9 Å². The zero-order valence-electron chi connectivity index (χ0n) is 6.23. The first-order valence-electron chi connectivity index (χ1n) is 3.50. The molecule has 0 spiro atoms. The third-order valence-electron chi connectivity index (χ3n) is 1.64. The lowest BCUT2D eigenvalue weighted by Gasteiger charge is -1.83. The monoisotopic (exact) mass is 161 g/mol. The minimum Gasteiger partial charge on any atom is -0.411 e. The van der Waals surface area contributed by atoms with E-state index in [-0.39, 0.29) is 0 Å². The van der Waals surface area contributed by atoms with Crippen LogP contribution in [0.3, 0.4) is 0 Å². The maximum absolute atomic E-state index is 8.28. The summed E-state index contributed by atoms with van der Waals surface area (Å²) in [5.74, 6) is 0. The van der Waals surface area contributed by atoms with E-state index < -0.39 is 0 Å². The molecule has 0 saturated carbocycles. The second-order valence-corrected chi connectivity index (χ2v) is 2.43. The van der Waals surface area contributed by atoms with Crippen molar-refractivity contribution in [3.05, 3.63) is 30.2 Å². The Morgan fingerprint density at radius 3 is 3.25 bits per heavy atom. The molecule has 4 nitrogen and oxygen atoms in total. The maximum Gasteiger partial charge on any atom is 0.0896 e. The largest absolute Gasteiger partial charge is 0.411 e. The minimum atomic E-state index is 0.764. The topological polar surface area (TPSA) is 61.3 Å². The SMILES string of the molecule is O/N=C\c1cc2ccncc2[nH]1. The second kappa shape index (κ2) is 2.65. The van der Waals surface area contributed by atoms with Gasteiger partial charge >= 0.3 is 0 Å². The van der Waals surface area contributed by atoms with Crippen molar-refractivity contribution < 1.29 is 5.21 Å². The van der Waals surface area contributed by atoms with E-state index in [1.165, 1.54) is 6.21 Å². The third kappa shape index (κ3) is 1.03. The first-order chi connectivity index (χ1) is 5.90. The average molecular weight is 161 g/mol. The molecule has 0 radical (unpaired) electrons. The first kappa shape index (κ1) is 6.84. The molecule has 0 aliphatic heterocycles. The molecule has 2 aromatic heterocycles. The Morgan fingerprint density at radius 2 is 2.50 bits per heavy atom. The van der Waals surface area contributed by atoms with E-state index in [4.69, 9.17) is 5.21 Å². The van der Waals surface area contributed by atoms with Crippen LogP contribution < -0.4 is 0 Å². The van der Waals surface area contributed by atoms with Crippen molar-refractivity contribution in [3.8, 4) is 0 Å². The van der Waals surface area contributed by atoms with Crippen molar-refractivity contribution in [3.63, 3.8) is 0 Å². The molecule has 0 unspecified atom stereocenters. The van der Waals surface area contributed by atoms with Gasteiger partial charge < -0.3 is 10.2 Å².